The zero-order chi connectivity index (χ0) is 22.7. The van der Waals surface area contributed by atoms with Crippen molar-refractivity contribution >= 4 is 28.8 Å². The molecule has 1 aromatic heterocycles. The number of phenols is 1. The molecule has 0 saturated heterocycles. The van der Waals surface area contributed by atoms with Crippen LogP contribution in [0.1, 0.15) is 15.9 Å². The number of nitrogens with zero attached hydrogens (tertiary/aromatic N) is 3. The number of aromatic amines is 1. The summed E-state index contributed by atoms with van der Waals surface area (Å²) in [6.07, 6.45) is 1.08. The highest BCUT2D eigenvalue weighted by molar-refractivity contribution is 5.98. The number of nitrogens with one attached hydrogen (secondary N) is 2. The SMILES string of the molecule is COc1cc([N+](=O)[O-])c(/C=N/NC(=O)c2ccc3nc(-c4ccccc4)[nH]c3c2)cc1O. The molecule has 1 amide bonds. The normalized spacial score (nSPS) is 11.0. The van der Waals surface area contributed by atoms with Crippen LogP contribution in [0.25, 0.3) is 22.4 Å². The Morgan fingerprint density at radius 1 is 1.22 bits per heavy atom. The number of fused-ring (bicyclic) bond motifs is 1. The van der Waals surface area contributed by atoms with E-state index in [-0.39, 0.29) is 22.7 Å². The second-order valence-corrected chi connectivity index (χ2v) is 6.72. The molecule has 0 radical (unpaired) electrons. The number of benzene rings is 3. The van der Waals surface area contributed by atoms with Crippen molar-refractivity contribution in [3.63, 3.8) is 0 Å². The number of H-pyrrole nitrogens is 1. The molecule has 4 aromatic rings. The lowest BCUT2D eigenvalue weighted by molar-refractivity contribution is -0.385. The summed E-state index contributed by atoms with van der Waals surface area (Å²) in [6.45, 7) is 0. The van der Waals surface area contributed by atoms with Crippen LogP contribution in [0.2, 0.25) is 0 Å². The Balaban J connectivity index is 1.54. The Labute approximate surface area is 181 Å². The van der Waals surface area contributed by atoms with Crippen molar-refractivity contribution < 1.29 is 19.6 Å². The van der Waals surface area contributed by atoms with Crippen LogP contribution in [-0.2, 0) is 0 Å². The number of aromatic hydroxyl groups is 1. The molecule has 0 aliphatic carbocycles. The summed E-state index contributed by atoms with van der Waals surface area (Å²) < 4.78 is 4.88. The number of ether oxygens (including phenoxy) is 1. The van der Waals surface area contributed by atoms with Gasteiger partial charge < -0.3 is 14.8 Å². The number of hydrogen-bond acceptors (Lipinski definition) is 7. The van der Waals surface area contributed by atoms with Crippen LogP contribution < -0.4 is 10.2 Å². The fourth-order valence-corrected chi connectivity index (χ4v) is 3.11. The zero-order valence-corrected chi connectivity index (χ0v) is 16.8. The fraction of sp³-hybridized carbons (Fsp3) is 0.0455. The number of methoxy groups -OCH3 is 1. The number of amides is 1. The van der Waals surface area contributed by atoms with E-state index in [0.717, 1.165) is 23.9 Å². The van der Waals surface area contributed by atoms with E-state index in [4.69, 9.17) is 4.74 Å². The summed E-state index contributed by atoms with van der Waals surface area (Å²) in [7, 11) is 1.28. The molecule has 3 aromatic carbocycles. The molecule has 160 valence electrons. The molecule has 0 aliphatic rings. The molecule has 0 atom stereocenters. The minimum Gasteiger partial charge on any atom is -0.504 e. The molecule has 0 spiro atoms. The van der Waals surface area contributed by atoms with Gasteiger partial charge in [-0.15, -0.1) is 0 Å². The molecule has 32 heavy (non-hydrogen) atoms. The van der Waals surface area contributed by atoms with E-state index in [1.807, 2.05) is 30.3 Å². The summed E-state index contributed by atoms with van der Waals surface area (Å²) in [5, 5.41) is 24.9. The zero-order valence-electron chi connectivity index (χ0n) is 16.8. The smallest absolute Gasteiger partial charge is 0.282 e. The third kappa shape index (κ3) is 4.10. The maximum absolute atomic E-state index is 12.5. The first-order chi connectivity index (χ1) is 15.5. The van der Waals surface area contributed by atoms with Gasteiger partial charge in [0.1, 0.15) is 5.82 Å². The van der Waals surface area contributed by atoms with Gasteiger partial charge in [0.2, 0.25) is 0 Å². The van der Waals surface area contributed by atoms with Gasteiger partial charge in [-0.05, 0) is 24.3 Å². The molecule has 0 aliphatic heterocycles. The van der Waals surface area contributed by atoms with Gasteiger partial charge >= 0.3 is 0 Å². The minimum atomic E-state index is -0.637. The monoisotopic (exact) mass is 431 g/mol. The van der Waals surface area contributed by atoms with Crippen LogP contribution in [0.4, 0.5) is 5.69 Å². The third-order valence-electron chi connectivity index (χ3n) is 4.69. The number of aromatic nitrogens is 2. The Morgan fingerprint density at radius 3 is 2.72 bits per heavy atom. The summed E-state index contributed by atoms with van der Waals surface area (Å²) in [4.78, 5) is 30.8. The first kappa shape index (κ1) is 20.5. The standard InChI is InChI=1S/C22H17N5O5/c1-32-20-11-18(27(30)31)15(10-19(20)28)12-23-26-22(29)14-7-8-16-17(9-14)25-21(24-16)13-5-3-2-4-6-13/h2-12,28H,1H3,(H,24,25)(H,26,29)/b23-12+. The molecule has 4 rings (SSSR count). The predicted octanol–water partition coefficient (Wildman–Crippen LogP) is 3.62. The number of rotatable bonds is 6. The number of nitro benzene ring substituents is 1. The van der Waals surface area contributed by atoms with E-state index in [1.165, 1.54) is 7.11 Å². The first-order valence-corrected chi connectivity index (χ1v) is 9.40. The first-order valence-electron chi connectivity index (χ1n) is 9.40. The third-order valence-corrected chi connectivity index (χ3v) is 4.69. The highest BCUT2D eigenvalue weighted by atomic mass is 16.6. The molecule has 10 heteroatoms. The molecule has 10 nitrogen and oxygen atoms in total. The van der Waals surface area contributed by atoms with Crippen molar-refractivity contribution in [2.45, 2.75) is 0 Å². The number of carbonyl (C=O) groups excluding carboxylic acids is 1. The van der Waals surface area contributed by atoms with Gasteiger partial charge in [0.15, 0.2) is 11.5 Å². The van der Waals surface area contributed by atoms with Gasteiger partial charge in [0.25, 0.3) is 11.6 Å². The van der Waals surface area contributed by atoms with Crippen molar-refractivity contribution in [1.82, 2.24) is 15.4 Å². The molecular formula is C22H17N5O5. The molecule has 0 unspecified atom stereocenters. The maximum Gasteiger partial charge on any atom is 0.282 e. The predicted molar refractivity (Wildman–Crippen MR) is 118 cm³/mol. The Hall–Kier alpha value is -4.73. The molecule has 0 fully saturated rings. The van der Waals surface area contributed by atoms with Crippen molar-refractivity contribution in [2.24, 2.45) is 5.10 Å². The van der Waals surface area contributed by atoms with Gasteiger partial charge in [-0.2, -0.15) is 5.10 Å². The van der Waals surface area contributed by atoms with Crippen LogP contribution in [0, 0.1) is 10.1 Å². The second-order valence-electron chi connectivity index (χ2n) is 6.72. The van der Waals surface area contributed by atoms with E-state index in [0.29, 0.717) is 22.4 Å². The lowest BCUT2D eigenvalue weighted by Gasteiger charge is -2.05. The van der Waals surface area contributed by atoms with Crippen LogP contribution in [0.3, 0.4) is 0 Å². The average molecular weight is 431 g/mol. The fourth-order valence-electron chi connectivity index (χ4n) is 3.11. The molecule has 1 heterocycles. The summed E-state index contributed by atoms with van der Waals surface area (Å²) in [6, 6.07) is 16.8. The highest BCUT2D eigenvalue weighted by Gasteiger charge is 2.17. The Kier molecular flexibility index (Phi) is 5.49. The van der Waals surface area contributed by atoms with E-state index in [1.54, 1.807) is 18.2 Å². The summed E-state index contributed by atoms with van der Waals surface area (Å²) in [5.41, 5.74) is 4.62. The van der Waals surface area contributed by atoms with Crippen molar-refractivity contribution in [1.29, 1.82) is 0 Å². The lowest BCUT2D eigenvalue weighted by atomic mass is 10.1. The van der Waals surface area contributed by atoms with Gasteiger partial charge in [0.05, 0.1) is 40.9 Å². The quantitative estimate of drug-likeness (QED) is 0.242. The lowest BCUT2D eigenvalue weighted by Crippen LogP contribution is -2.17. The maximum atomic E-state index is 12.5. The van der Waals surface area contributed by atoms with Gasteiger partial charge in [-0.1, -0.05) is 30.3 Å². The molecule has 3 N–H and O–H groups in total. The largest absolute Gasteiger partial charge is 0.504 e. The van der Waals surface area contributed by atoms with Gasteiger partial charge in [-0.25, -0.2) is 10.4 Å². The topological polar surface area (TPSA) is 143 Å². The van der Waals surface area contributed by atoms with Crippen LogP contribution >= 0.6 is 0 Å². The molecule has 0 saturated carbocycles. The van der Waals surface area contributed by atoms with E-state index >= 15 is 0 Å². The number of carbonyl (C=O) groups is 1. The van der Waals surface area contributed by atoms with Gasteiger partial charge in [-0.3, -0.25) is 14.9 Å². The van der Waals surface area contributed by atoms with Crippen molar-refractivity contribution in [2.75, 3.05) is 7.11 Å². The van der Waals surface area contributed by atoms with E-state index in [2.05, 4.69) is 20.5 Å². The Morgan fingerprint density at radius 2 is 2.00 bits per heavy atom. The number of nitro groups is 1. The molecule has 0 bridgehead atoms. The van der Waals surface area contributed by atoms with Crippen LogP contribution in [0.15, 0.2) is 65.8 Å². The van der Waals surface area contributed by atoms with E-state index < -0.39 is 10.8 Å². The molecular weight excluding hydrogens is 414 g/mol. The van der Waals surface area contributed by atoms with Crippen molar-refractivity contribution in [3.05, 3.63) is 81.9 Å². The Bertz CT molecular complexity index is 1350. The summed E-state index contributed by atoms with van der Waals surface area (Å²) in [5.74, 6) is -0.160. The summed E-state index contributed by atoms with van der Waals surface area (Å²) >= 11 is 0. The highest BCUT2D eigenvalue weighted by Crippen LogP contribution is 2.32. The van der Waals surface area contributed by atoms with Crippen molar-refractivity contribution in [3.8, 4) is 22.9 Å². The van der Waals surface area contributed by atoms with Crippen LogP contribution in [0.5, 0.6) is 11.5 Å². The second kappa shape index (κ2) is 8.56. The van der Waals surface area contributed by atoms with Crippen LogP contribution in [-0.4, -0.2) is 39.2 Å². The van der Waals surface area contributed by atoms with Gasteiger partial charge in [0, 0.05) is 11.1 Å². The number of hydrogen-bond donors (Lipinski definition) is 3. The average Bonchev–Trinajstić information content (AvgIpc) is 3.23. The van der Waals surface area contributed by atoms with E-state index in [9.17, 15) is 20.0 Å². The minimum absolute atomic E-state index is 0.00474. The number of hydrazone groups is 1. The number of imidazole rings is 1. The number of phenolic OH excluding ortho intramolecular Hbond substituents is 1.